The molecule has 0 amide bonds. The van der Waals surface area contributed by atoms with Crippen LogP contribution in [0.4, 0.5) is 14.9 Å². The van der Waals surface area contributed by atoms with Crippen LogP contribution in [0.25, 0.3) is 0 Å². The van der Waals surface area contributed by atoms with E-state index in [1.807, 2.05) is 0 Å². The van der Waals surface area contributed by atoms with Gasteiger partial charge in [-0.15, -0.1) is 0 Å². The molecule has 0 unspecified atom stereocenters. The maximum Gasteiger partial charge on any atom is 0.257 e. The van der Waals surface area contributed by atoms with Crippen LogP contribution >= 0.6 is 11.6 Å². The van der Waals surface area contributed by atoms with Gasteiger partial charge in [0.25, 0.3) is 6.16 Å². The number of hydrogen-bond acceptors (Lipinski definition) is 5. The summed E-state index contributed by atoms with van der Waals surface area (Å²) in [4.78, 5) is 22.9. The SMILES string of the molecule is O=C=Nc1cc(OC(=O)[O-])c(Cl)cc1F. The van der Waals surface area contributed by atoms with Gasteiger partial charge in [-0.25, -0.2) is 9.18 Å². The van der Waals surface area contributed by atoms with Gasteiger partial charge in [0.2, 0.25) is 6.08 Å². The van der Waals surface area contributed by atoms with Crippen molar-refractivity contribution in [1.29, 1.82) is 0 Å². The smallest absolute Gasteiger partial charge is 0.257 e. The summed E-state index contributed by atoms with van der Waals surface area (Å²) in [7, 11) is 0. The molecule has 0 aliphatic rings. The first kappa shape index (κ1) is 11.2. The zero-order valence-corrected chi connectivity index (χ0v) is 7.75. The molecule has 0 aromatic heterocycles. The lowest BCUT2D eigenvalue weighted by atomic mass is 10.3. The van der Waals surface area contributed by atoms with Crippen molar-refractivity contribution in [3.05, 3.63) is 23.0 Å². The topological polar surface area (TPSA) is 78.8 Å². The van der Waals surface area contributed by atoms with E-state index in [9.17, 15) is 19.1 Å². The van der Waals surface area contributed by atoms with Gasteiger partial charge in [0.05, 0.1) is 10.8 Å². The predicted octanol–water partition coefficient (Wildman–Crippen LogP) is 1.17. The van der Waals surface area contributed by atoms with Gasteiger partial charge in [-0.2, -0.15) is 4.99 Å². The highest BCUT2D eigenvalue weighted by Crippen LogP contribution is 2.31. The van der Waals surface area contributed by atoms with Crippen LogP contribution in [0.3, 0.4) is 0 Å². The molecule has 1 aromatic rings. The van der Waals surface area contributed by atoms with Crippen LogP contribution in [0.2, 0.25) is 5.02 Å². The Kier molecular flexibility index (Phi) is 3.38. The molecule has 0 fully saturated rings. The zero-order chi connectivity index (χ0) is 11.4. The lowest BCUT2D eigenvalue weighted by Gasteiger charge is -2.10. The largest absolute Gasteiger partial charge is 0.512 e. The summed E-state index contributed by atoms with van der Waals surface area (Å²) in [6, 6.07) is 1.61. The highest BCUT2D eigenvalue weighted by Gasteiger charge is 2.07. The van der Waals surface area contributed by atoms with Crippen molar-refractivity contribution in [1.82, 2.24) is 0 Å². The first-order valence-corrected chi connectivity index (χ1v) is 3.88. The van der Waals surface area contributed by atoms with Crippen LogP contribution in [0, 0.1) is 5.82 Å². The third-order valence-corrected chi connectivity index (χ3v) is 1.66. The molecule has 78 valence electrons. The van der Waals surface area contributed by atoms with E-state index in [1.165, 1.54) is 0 Å². The molecule has 7 heteroatoms. The van der Waals surface area contributed by atoms with Gasteiger partial charge in [0.1, 0.15) is 5.69 Å². The Balaban J connectivity index is 3.22. The maximum atomic E-state index is 13.0. The third kappa shape index (κ3) is 2.77. The van der Waals surface area contributed by atoms with Crippen molar-refractivity contribution in [3.63, 3.8) is 0 Å². The summed E-state index contributed by atoms with van der Waals surface area (Å²) in [5.41, 5.74) is -0.425. The van der Waals surface area contributed by atoms with Crippen molar-refractivity contribution < 1.29 is 23.8 Å². The van der Waals surface area contributed by atoms with Gasteiger partial charge in [0, 0.05) is 0 Å². The van der Waals surface area contributed by atoms with Crippen LogP contribution in [-0.4, -0.2) is 12.2 Å². The average molecular weight is 231 g/mol. The minimum atomic E-state index is -1.86. The van der Waals surface area contributed by atoms with Crippen LogP contribution in [0.15, 0.2) is 17.1 Å². The van der Waals surface area contributed by atoms with E-state index in [2.05, 4.69) is 9.73 Å². The monoisotopic (exact) mass is 230 g/mol. The fourth-order valence-electron chi connectivity index (χ4n) is 0.821. The number of carbonyl (C=O) groups excluding carboxylic acids is 2. The highest BCUT2D eigenvalue weighted by molar-refractivity contribution is 6.32. The first-order valence-electron chi connectivity index (χ1n) is 3.50. The quantitative estimate of drug-likeness (QED) is 0.331. The summed E-state index contributed by atoms with van der Waals surface area (Å²) in [5, 5.41) is 9.80. The molecule has 0 spiro atoms. The summed E-state index contributed by atoms with van der Waals surface area (Å²) >= 11 is 5.45. The van der Waals surface area contributed by atoms with Crippen LogP contribution < -0.4 is 9.84 Å². The fraction of sp³-hybridized carbons (Fsp3) is 0. The van der Waals surface area contributed by atoms with Gasteiger partial charge in [-0.05, 0) is 12.1 Å². The summed E-state index contributed by atoms with van der Waals surface area (Å²) in [5.74, 6) is -1.26. The van der Waals surface area contributed by atoms with E-state index in [-0.39, 0.29) is 10.8 Å². The molecular formula is C8H2ClFNO4-. The maximum absolute atomic E-state index is 13.0. The molecule has 0 saturated heterocycles. The molecule has 0 N–H and O–H groups in total. The summed E-state index contributed by atoms with van der Waals surface area (Å²) in [6.07, 6.45) is -0.759. The Morgan fingerprint density at radius 3 is 2.80 bits per heavy atom. The van der Waals surface area contributed by atoms with E-state index < -0.39 is 17.7 Å². The normalized spacial score (nSPS) is 9.20. The molecule has 0 aliphatic heterocycles. The van der Waals surface area contributed by atoms with E-state index in [1.54, 1.807) is 0 Å². The van der Waals surface area contributed by atoms with Gasteiger partial charge in [0.15, 0.2) is 5.82 Å². The molecule has 0 heterocycles. The van der Waals surface area contributed by atoms with Crippen LogP contribution in [-0.2, 0) is 4.79 Å². The molecule has 0 atom stereocenters. The standard InChI is InChI=1S/C8H3ClFNO4/c9-4-1-5(10)6(11-3-12)2-7(4)15-8(13)14/h1-2H,(H,13,14)/p-1. The second kappa shape index (κ2) is 4.54. The van der Waals surface area contributed by atoms with E-state index >= 15 is 0 Å². The second-order valence-corrected chi connectivity index (χ2v) is 2.70. The minimum Gasteiger partial charge on any atom is -0.512 e. The second-order valence-electron chi connectivity index (χ2n) is 2.29. The number of hydrogen-bond donors (Lipinski definition) is 0. The van der Waals surface area contributed by atoms with Crippen molar-refractivity contribution in [2.24, 2.45) is 4.99 Å². The summed E-state index contributed by atoms with van der Waals surface area (Å²) < 4.78 is 17.1. The van der Waals surface area contributed by atoms with Gasteiger partial charge in [-0.1, -0.05) is 11.6 Å². The van der Waals surface area contributed by atoms with Crippen molar-refractivity contribution >= 4 is 29.5 Å². The van der Waals surface area contributed by atoms with Crippen molar-refractivity contribution in [2.75, 3.05) is 0 Å². The molecule has 0 bridgehead atoms. The number of carbonyl (C=O) groups is 1. The predicted molar refractivity (Wildman–Crippen MR) is 45.2 cm³/mol. The van der Waals surface area contributed by atoms with E-state index in [0.717, 1.165) is 18.2 Å². The molecule has 0 saturated carbocycles. The third-order valence-electron chi connectivity index (χ3n) is 1.36. The lowest BCUT2D eigenvalue weighted by Crippen LogP contribution is -2.26. The molecule has 15 heavy (non-hydrogen) atoms. The number of nitrogens with zero attached hydrogens (tertiary/aromatic N) is 1. The number of isocyanates is 1. The van der Waals surface area contributed by atoms with E-state index in [4.69, 9.17) is 11.6 Å². The molecular weight excluding hydrogens is 229 g/mol. The molecule has 5 nitrogen and oxygen atoms in total. The van der Waals surface area contributed by atoms with Gasteiger partial charge >= 0.3 is 0 Å². The number of rotatable bonds is 2. The summed E-state index contributed by atoms with van der Waals surface area (Å²) in [6.45, 7) is 0. The molecule has 0 radical (unpaired) electrons. The fourth-order valence-corrected chi connectivity index (χ4v) is 1.01. The number of aliphatic imine (C=N–C) groups is 1. The minimum absolute atomic E-state index is 0.276. The van der Waals surface area contributed by atoms with Crippen molar-refractivity contribution in [2.45, 2.75) is 0 Å². The zero-order valence-electron chi connectivity index (χ0n) is 6.99. The highest BCUT2D eigenvalue weighted by atomic mass is 35.5. The number of halogens is 2. The molecule has 0 aliphatic carbocycles. The van der Waals surface area contributed by atoms with Gasteiger partial charge < -0.3 is 14.6 Å². The first-order chi connectivity index (χ1) is 7.04. The Hall–Kier alpha value is -1.91. The van der Waals surface area contributed by atoms with Crippen LogP contribution in [0.5, 0.6) is 5.75 Å². The molecule has 1 rings (SSSR count). The number of benzene rings is 1. The van der Waals surface area contributed by atoms with Crippen LogP contribution in [0.1, 0.15) is 0 Å². The Morgan fingerprint density at radius 2 is 2.27 bits per heavy atom. The Morgan fingerprint density at radius 1 is 1.60 bits per heavy atom. The number of carboxylic acid groups (broad SMARTS) is 1. The number of ether oxygens (including phenoxy) is 1. The Labute approximate surface area is 87.8 Å². The van der Waals surface area contributed by atoms with Gasteiger partial charge in [-0.3, -0.25) is 0 Å². The van der Waals surface area contributed by atoms with Crippen molar-refractivity contribution in [3.8, 4) is 5.75 Å². The average Bonchev–Trinajstić information content (AvgIpc) is 2.12. The molecule has 1 aromatic carbocycles. The lowest BCUT2D eigenvalue weighted by molar-refractivity contribution is -0.271. The van der Waals surface area contributed by atoms with E-state index in [0.29, 0.717) is 0 Å². The Bertz CT molecular complexity index is 456.